The molecule has 0 saturated carbocycles. The molecule has 5 heteroatoms. The van der Waals surface area contributed by atoms with Crippen molar-refractivity contribution in [2.24, 2.45) is 0 Å². The first-order valence-electron chi connectivity index (χ1n) is 9.20. The van der Waals surface area contributed by atoms with E-state index >= 15 is 0 Å². The van der Waals surface area contributed by atoms with Gasteiger partial charge in [0.15, 0.2) is 0 Å². The number of hydrogen-bond acceptors (Lipinski definition) is 3. The van der Waals surface area contributed by atoms with Crippen molar-refractivity contribution in [3.63, 3.8) is 0 Å². The van der Waals surface area contributed by atoms with Crippen molar-refractivity contribution in [2.75, 3.05) is 20.3 Å². The lowest BCUT2D eigenvalue weighted by molar-refractivity contribution is -0.135. The van der Waals surface area contributed by atoms with E-state index in [0.717, 1.165) is 28.9 Å². The Morgan fingerprint density at radius 1 is 1.07 bits per heavy atom. The minimum absolute atomic E-state index is 0.0325. The second-order valence-corrected chi connectivity index (χ2v) is 6.45. The number of para-hydroxylation sites is 1. The molecule has 27 heavy (non-hydrogen) atoms. The molecular formula is C22H25N3O2. The summed E-state index contributed by atoms with van der Waals surface area (Å²) in [5.41, 5.74) is 3.90. The third-order valence-corrected chi connectivity index (χ3v) is 4.27. The smallest absolute Gasteiger partial charge is 0.248 e. The van der Waals surface area contributed by atoms with Crippen LogP contribution in [0, 0.1) is 0 Å². The van der Waals surface area contributed by atoms with Gasteiger partial charge >= 0.3 is 0 Å². The number of nitrogens with zero attached hydrogens (tertiary/aromatic N) is 3. The van der Waals surface area contributed by atoms with E-state index in [4.69, 9.17) is 9.84 Å². The van der Waals surface area contributed by atoms with Crippen LogP contribution in [0.25, 0.3) is 16.9 Å². The predicted molar refractivity (Wildman–Crippen MR) is 107 cm³/mol. The zero-order chi connectivity index (χ0) is 19.1. The number of rotatable bonds is 8. The largest absolute Gasteiger partial charge is 0.372 e. The molecule has 0 N–H and O–H groups in total. The van der Waals surface area contributed by atoms with Gasteiger partial charge in [-0.25, -0.2) is 4.68 Å². The van der Waals surface area contributed by atoms with Crippen molar-refractivity contribution in [3.8, 4) is 16.9 Å². The summed E-state index contributed by atoms with van der Waals surface area (Å²) in [4.78, 5) is 14.0. The van der Waals surface area contributed by atoms with Crippen LogP contribution < -0.4 is 0 Å². The van der Waals surface area contributed by atoms with Gasteiger partial charge < -0.3 is 9.64 Å². The lowest BCUT2D eigenvalue weighted by Gasteiger charge is -2.17. The fourth-order valence-corrected chi connectivity index (χ4v) is 2.84. The molecule has 3 aromatic rings. The molecule has 0 fully saturated rings. The first-order chi connectivity index (χ1) is 13.2. The van der Waals surface area contributed by atoms with Crippen LogP contribution in [0.15, 0.2) is 66.9 Å². The molecule has 1 amide bonds. The fourth-order valence-electron chi connectivity index (χ4n) is 2.84. The van der Waals surface area contributed by atoms with Gasteiger partial charge in [0.25, 0.3) is 0 Å². The van der Waals surface area contributed by atoms with E-state index in [1.165, 1.54) is 0 Å². The third kappa shape index (κ3) is 4.83. The molecule has 0 unspecified atom stereocenters. The maximum Gasteiger partial charge on any atom is 0.248 e. The summed E-state index contributed by atoms with van der Waals surface area (Å²) >= 11 is 0. The van der Waals surface area contributed by atoms with E-state index in [-0.39, 0.29) is 12.5 Å². The van der Waals surface area contributed by atoms with Gasteiger partial charge in [-0.3, -0.25) is 4.79 Å². The Balaban J connectivity index is 1.86. The highest BCUT2D eigenvalue weighted by Gasteiger charge is 2.16. The van der Waals surface area contributed by atoms with Crippen LogP contribution in [0.2, 0.25) is 0 Å². The van der Waals surface area contributed by atoms with E-state index in [2.05, 4.69) is 0 Å². The van der Waals surface area contributed by atoms with Crippen molar-refractivity contribution in [1.82, 2.24) is 14.7 Å². The average Bonchev–Trinajstić information content (AvgIpc) is 3.13. The molecule has 0 bridgehead atoms. The highest BCUT2D eigenvalue weighted by molar-refractivity contribution is 5.77. The Hall–Kier alpha value is -2.92. The molecule has 0 aliphatic rings. The van der Waals surface area contributed by atoms with Gasteiger partial charge in [-0.15, -0.1) is 0 Å². The molecule has 0 radical (unpaired) electrons. The lowest BCUT2D eigenvalue weighted by atomic mass is 10.1. The van der Waals surface area contributed by atoms with Crippen molar-refractivity contribution in [3.05, 3.63) is 72.4 Å². The van der Waals surface area contributed by atoms with Crippen LogP contribution in [0.5, 0.6) is 0 Å². The van der Waals surface area contributed by atoms with Crippen molar-refractivity contribution in [1.29, 1.82) is 0 Å². The van der Waals surface area contributed by atoms with E-state index in [1.54, 1.807) is 11.9 Å². The lowest BCUT2D eigenvalue weighted by Crippen LogP contribution is -2.30. The first kappa shape index (κ1) is 18.9. The van der Waals surface area contributed by atoms with Gasteiger partial charge in [0.2, 0.25) is 5.91 Å². The number of hydrogen-bond donors (Lipinski definition) is 0. The summed E-state index contributed by atoms with van der Waals surface area (Å²) in [5.74, 6) is -0.0325. The minimum Gasteiger partial charge on any atom is -0.372 e. The maximum atomic E-state index is 12.3. The van der Waals surface area contributed by atoms with E-state index < -0.39 is 0 Å². The number of carbonyl (C=O) groups excluding carboxylic acids is 1. The number of aromatic nitrogens is 2. The molecule has 140 valence electrons. The average molecular weight is 363 g/mol. The predicted octanol–water partition coefficient (Wildman–Crippen LogP) is 3.92. The first-order valence-corrected chi connectivity index (χ1v) is 9.20. The zero-order valence-electron chi connectivity index (χ0n) is 15.8. The van der Waals surface area contributed by atoms with Crippen LogP contribution in [0.1, 0.15) is 18.9 Å². The summed E-state index contributed by atoms with van der Waals surface area (Å²) in [7, 11) is 1.80. The quantitative estimate of drug-likeness (QED) is 0.570. The molecule has 0 spiro atoms. The fraction of sp³-hybridized carbons (Fsp3) is 0.273. The molecule has 2 aromatic carbocycles. The second-order valence-electron chi connectivity index (χ2n) is 6.45. The van der Waals surface area contributed by atoms with Gasteiger partial charge in [-0.1, -0.05) is 55.5 Å². The van der Waals surface area contributed by atoms with E-state index in [1.807, 2.05) is 78.5 Å². The van der Waals surface area contributed by atoms with Gasteiger partial charge in [0.1, 0.15) is 6.61 Å². The zero-order valence-corrected chi connectivity index (χ0v) is 15.8. The number of carbonyl (C=O) groups is 1. The van der Waals surface area contributed by atoms with E-state index in [9.17, 15) is 4.79 Å². The maximum absolute atomic E-state index is 12.3. The Labute approximate surface area is 160 Å². The van der Waals surface area contributed by atoms with Gasteiger partial charge in [-0.05, 0) is 18.6 Å². The van der Waals surface area contributed by atoms with Crippen molar-refractivity contribution >= 4 is 5.91 Å². The van der Waals surface area contributed by atoms with E-state index in [0.29, 0.717) is 13.2 Å². The molecule has 1 heterocycles. The summed E-state index contributed by atoms with van der Waals surface area (Å²) in [6.45, 7) is 3.21. The Morgan fingerprint density at radius 2 is 1.74 bits per heavy atom. The SMILES string of the molecule is CCCOCC(=O)N(C)Cc1cn(-c2ccccc2)nc1-c1ccccc1. The molecule has 1 aromatic heterocycles. The van der Waals surface area contributed by atoms with Crippen molar-refractivity contribution < 1.29 is 9.53 Å². The number of benzene rings is 2. The normalized spacial score (nSPS) is 10.7. The van der Waals surface area contributed by atoms with Crippen LogP contribution in [-0.4, -0.2) is 40.8 Å². The molecule has 0 saturated heterocycles. The topological polar surface area (TPSA) is 47.4 Å². The second kappa shape index (κ2) is 9.14. The third-order valence-electron chi connectivity index (χ3n) is 4.27. The van der Waals surface area contributed by atoms with Crippen LogP contribution >= 0.6 is 0 Å². The Bertz CT molecular complexity index is 860. The van der Waals surface area contributed by atoms with Gasteiger partial charge in [0.05, 0.1) is 11.4 Å². The molecule has 3 rings (SSSR count). The summed E-state index contributed by atoms with van der Waals surface area (Å²) in [6.07, 6.45) is 2.90. The number of likely N-dealkylation sites (N-methyl/N-ethyl adjacent to an activating group) is 1. The van der Waals surface area contributed by atoms with Crippen LogP contribution in [0.3, 0.4) is 0 Å². The number of ether oxygens (including phenoxy) is 1. The summed E-state index contributed by atoms with van der Waals surface area (Å²) in [5, 5.41) is 4.79. The standard InChI is InChI=1S/C22H25N3O2/c1-3-14-27-17-21(26)24(2)15-19-16-25(20-12-8-5-9-13-20)23-22(19)18-10-6-4-7-11-18/h4-13,16H,3,14-15,17H2,1-2H3. The monoisotopic (exact) mass is 363 g/mol. The molecule has 5 nitrogen and oxygen atoms in total. The summed E-state index contributed by atoms with van der Waals surface area (Å²) in [6, 6.07) is 20.0. The Kier molecular flexibility index (Phi) is 6.39. The minimum atomic E-state index is -0.0325. The molecule has 0 aliphatic heterocycles. The van der Waals surface area contributed by atoms with Crippen LogP contribution in [0.4, 0.5) is 0 Å². The van der Waals surface area contributed by atoms with Gasteiger partial charge in [0, 0.05) is 37.5 Å². The highest BCUT2D eigenvalue weighted by atomic mass is 16.5. The summed E-state index contributed by atoms with van der Waals surface area (Å²) < 4.78 is 7.25. The molecular weight excluding hydrogens is 338 g/mol. The van der Waals surface area contributed by atoms with Crippen molar-refractivity contribution in [2.45, 2.75) is 19.9 Å². The van der Waals surface area contributed by atoms with Crippen LogP contribution in [-0.2, 0) is 16.1 Å². The molecule has 0 aliphatic carbocycles. The van der Waals surface area contributed by atoms with Gasteiger partial charge in [-0.2, -0.15) is 5.10 Å². The Morgan fingerprint density at radius 3 is 2.41 bits per heavy atom. The number of amides is 1. The molecule has 0 atom stereocenters. The highest BCUT2D eigenvalue weighted by Crippen LogP contribution is 2.24.